The van der Waals surface area contributed by atoms with Gasteiger partial charge in [0.2, 0.25) is 5.91 Å². The predicted octanol–water partition coefficient (Wildman–Crippen LogP) is 1.60. The van der Waals surface area contributed by atoms with Gasteiger partial charge in [0.1, 0.15) is 6.04 Å². The third-order valence-electron chi connectivity index (χ3n) is 2.60. The number of ether oxygens (including phenoxy) is 1. The first kappa shape index (κ1) is 14.0. The molecule has 2 heterocycles. The van der Waals surface area contributed by atoms with Gasteiger partial charge in [0, 0.05) is 6.54 Å². The van der Waals surface area contributed by atoms with Crippen LogP contribution in [0.3, 0.4) is 0 Å². The summed E-state index contributed by atoms with van der Waals surface area (Å²) in [4.78, 5) is 25.2. The van der Waals surface area contributed by atoms with E-state index in [-0.39, 0.29) is 12.5 Å². The first-order valence-corrected chi connectivity index (χ1v) is 7.54. The maximum atomic E-state index is 12.4. The van der Waals surface area contributed by atoms with Crippen molar-refractivity contribution in [3.63, 3.8) is 0 Å². The fourth-order valence-electron chi connectivity index (χ4n) is 1.72. The highest BCUT2D eigenvalue weighted by Gasteiger charge is 2.33. The average Bonchev–Trinajstić information content (AvgIpc) is 2.67. The summed E-state index contributed by atoms with van der Waals surface area (Å²) in [5.74, 6) is -0.760. The number of rotatable bonds is 2. The Morgan fingerprint density at radius 1 is 1.50 bits per heavy atom. The fraction of sp³-hybridized carbons (Fsp3) is 0.400. The van der Waals surface area contributed by atoms with Crippen LogP contribution in [-0.2, 0) is 9.53 Å². The quantitative estimate of drug-likeness (QED) is 0.823. The van der Waals surface area contributed by atoms with E-state index in [1.807, 2.05) is 0 Å². The molecule has 98 valence electrons. The number of hydrogen-bond donors (Lipinski definition) is 1. The standard InChI is InChI=1S/C10H10Br2N2O3S/c11-7-3-5(8(12)18-7)10(16)14-1-2-17-4-6(14)9(13)15/h3,6H,1-2,4H2,(H2,13,15). The van der Waals surface area contributed by atoms with Gasteiger partial charge in [-0.15, -0.1) is 11.3 Å². The van der Waals surface area contributed by atoms with E-state index in [0.29, 0.717) is 18.7 Å². The van der Waals surface area contributed by atoms with Crippen LogP contribution in [0, 0.1) is 0 Å². The summed E-state index contributed by atoms with van der Waals surface area (Å²) in [7, 11) is 0. The van der Waals surface area contributed by atoms with Crippen LogP contribution < -0.4 is 5.73 Å². The lowest BCUT2D eigenvalue weighted by Gasteiger charge is -2.33. The van der Waals surface area contributed by atoms with Gasteiger partial charge in [0.15, 0.2) is 0 Å². The highest BCUT2D eigenvalue weighted by Crippen LogP contribution is 2.33. The van der Waals surface area contributed by atoms with Crippen molar-refractivity contribution < 1.29 is 14.3 Å². The van der Waals surface area contributed by atoms with Crippen LogP contribution in [0.5, 0.6) is 0 Å². The Morgan fingerprint density at radius 2 is 2.22 bits per heavy atom. The molecule has 8 heteroatoms. The van der Waals surface area contributed by atoms with Crippen LogP contribution in [0.2, 0.25) is 0 Å². The molecule has 0 aromatic carbocycles. The van der Waals surface area contributed by atoms with E-state index >= 15 is 0 Å². The third-order valence-corrected chi connectivity index (χ3v) is 4.94. The molecule has 2 amide bonds. The molecule has 0 spiro atoms. The second-order valence-corrected chi connectivity index (χ2v) is 7.48. The number of primary amides is 1. The molecule has 1 unspecified atom stereocenters. The van der Waals surface area contributed by atoms with Crippen molar-refractivity contribution in [1.82, 2.24) is 4.90 Å². The summed E-state index contributed by atoms with van der Waals surface area (Å²) in [6.07, 6.45) is 0. The van der Waals surface area contributed by atoms with E-state index in [0.717, 1.165) is 7.57 Å². The molecule has 1 saturated heterocycles. The van der Waals surface area contributed by atoms with E-state index in [1.165, 1.54) is 16.2 Å². The monoisotopic (exact) mass is 396 g/mol. The zero-order chi connectivity index (χ0) is 13.3. The summed E-state index contributed by atoms with van der Waals surface area (Å²) < 4.78 is 6.76. The van der Waals surface area contributed by atoms with Crippen LogP contribution in [0.1, 0.15) is 10.4 Å². The maximum absolute atomic E-state index is 12.4. The summed E-state index contributed by atoms with van der Waals surface area (Å²) in [6, 6.07) is 1.03. The molecule has 1 aliphatic heterocycles. The smallest absolute Gasteiger partial charge is 0.256 e. The van der Waals surface area contributed by atoms with Crippen LogP contribution in [0.15, 0.2) is 13.6 Å². The second-order valence-electron chi connectivity index (χ2n) is 3.73. The third kappa shape index (κ3) is 2.76. The van der Waals surface area contributed by atoms with Crippen molar-refractivity contribution in [2.75, 3.05) is 19.8 Å². The van der Waals surface area contributed by atoms with Gasteiger partial charge in [-0.05, 0) is 37.9 Å². The minimum absolute atomic E-state index is 0.157. The number of amides is 2. The van der Waals surface area contributed by atoms with Crippen molar-refractivity contribution in [2.45, 2.75) is 6.04 Å². The number of halogens is 2. The average molecular weight is 398 g/mol. The Kier molecular flexibility index (Phi) is 4.41. The van der Waals surface area contributed by atoms with E-state index in [4.69, 9.17) is 10.5 Å². The van der Waals surface area contributed by atoms with Gasteiger partial charge in [0.05, 0.1) is 26.4 Å². The molecule has 1 fully saturated rings. The fourth-order valence-corrected chi connectivity index (χ4v) is 4.50. The predicted molar refractivity (Wildman–Crippen MR) is 74.6 cm³/mol. The molecule has 0 bridgehead atoms. The summed E-state index contributed by atoms with van der Waals surface area (Å²) >= 11 is 8.07. The van der Waals surface area contributed by atoms with Gasteiger partial charge in [-0.2, -0.15) is 0 Å². The van der Waals surface area contributed by atoms with Crippen LogP contribution in [0.4, 0.5) is 0 Å². The summed E-state index contributed by atoms with van der Waals surface area (Å²) in [5, 5.41) is 0. The molecule has 1 aromatic heterocycles. The minimum atomic E-state index is -0.697. The Labute approximate surface area is 125 Å². The first-order valence-electron chi connectivity index (χ1n) is 5.13. The van der Waals surface area contributed by atoms with Gasteiger partial charge in [-0.3, -0.25) is 9.59 Å². The van der Waals surface area contributed by atoms with Crippen LogP contribution in [-0.4, -0.2) is 42.5 Å². The zero-order valence-electron chi connectivity index (χ0n) is 9.19. The molecular weight excluding hydrogens is 388 g/mol. The largest absolute Gasteiger partial charge is 0.377 e. The minimum Gasteiger partial charge on any atom is -0.377 e. The molecule has 2 N–H and O–H groups in total. The molecule has 1 atom stereocenters. The topological polar surface area (TPSA) is 72.6 Å². The lowest BCUT2D eigenvalue weighted by Crippen LogP contribution is -2.54. The van der Waals surface area contributed by atoms with Gasteiger partial charge in [-0.1, -0.05) is 0 Å². The lowest BCUT2D eigenvalue weighted by atomic mass is 10.2. The number of carbonyl (C=O) groups is 2. The number of carbonyl (C=O) groups excluding carboxylic acids is 2. The Morgan fingerprint density at radius 3 is 2.78 bits per heavy atom. The van der Waals surface area contributed by atoms with Gasteiger partial charge in [0.25, 0.3) is 5.91 Å². The molecule has 2 rings (SSSR count). The molecule has 1 aromatic rings. The van der Waals surface area contributed by atoms with Gasteiger partial charge >= 0.3 is 0 Å². The number of thiophene rings is 1. The molecule has 0 aliphatic carbocycles. The van der Waals surface area contributed by atoms with E-state index < -0.39 is 11.9 Å². The van der Waals surface area contributed by atoms with E-state index in [1.54, 1.807) is 6.07 Å². The highest BCUT2D eigenvalue weighted by molar-refractivity contribution is 9.12. The van der Waals surface area contributed by atoms with Gasteiger partial charge in [-0.25, -0.2) is 0 Å². The summed E-state index contributed by atoms with van der Waals surface area (Å²) in [6.45, 7) is 0.939. The Balaban J connectivity index is 2.26. The van der Waals surface area contributed by atoms with Crippen molar-refractivity contribution in [3.8, 4) is 0 Å². The van der Waals surface area contributed by atoms with E-state index in [9.17, 15) is 9.59 Å². The zero-order valence-corrected chi connectivity index (χ0v) is 13.2. The van der Waals surface area contributed by atoms with E-state index in [2.05, 4.69) is 31.9 Å². The Bertz CT molecular complexity index is 491. The molecule has 0 saturated carbocycles. The molecule has 18 heavy (non-hydrogen) atoms. The highest BCUT2D eigenvalue weighted by atomic mass is 79.9. The Hall–Kier alpha value is -0.440. The molecule has 1 aliphatic rings. The van der Waals surface area contributed by atoms with Crippen molar-refractivity contribution in [1.29, 1.82) is 0 Å². The number of hydrogen-bond acceptors (Lipinski definition) is 4. The second kappa shape index (κ2) is 5.68. The molecule has 5 nitrogen and oxygen atoms in total. The SMILES string of the molecule is NC(=O)C1COCCN1C(=O)c1cc(Br)sc1Br. The number of nitrogens with two attached hydrogens (primary N) is 1. The summed E-state index contributed by atoms with van der Waals surface area (Å²) in [5.41, 5.74) is 5.81. The van der Waals surface area contributed by atoms with Crippen molar-refractivity contribution >= 4 is 55.0 Å². The molecular formula is C10H10Br2N2O3S. The van der Waals surface area contributed by atoms with Gasteiger partial charge < -0.3 is 15.4 Å². The van der Waals surface area contributed by atoms with Crippen molar-refractivity contribution in [2.24, 2.45) is 5.73 Å². The van der Waals surface area contributed by atoms with Crippen molar-refractivity contribution in [3.05, 3.63) is 19.2 Å². The maximum Gasteiger partial charge on any atom is 0.256 e. The lowest BCUT2D eigenvalue weighted by molar-refractivity contribution is -0.127. The normalized spacial score (nSPS) is 19.9. The first-order chi connectivity index (χ1) is 8.50. The van der Waals surface area contributed by atoms with Crippen LogP contribution >= 0.6 is 43.2 Å². The number of morpholine rings is 1. The number of nitrogens with zero attached hydrogens (tertiary/aromatic N) is 1. The van der Waals surface area contributed by atoms with Crippen LogP contribution in [0.25, 0.3) is 0 Å². The molecule has 0 radical (unpaired) electrons.